The molecule has 3 heterocycles. The highest BCUT2D eigenvalue weighted by molar-refractivity contribution is 7.93. The van der Waals surface area contributed by atoms with E-state index in [9.17, 15) is 26.4 Å². The fraction of sp³-hybridized carbons (Fsp3) is 0.333. The maximum atomic E-state index is 14.1. The average Bonchev–Trinajstić information content (AvgIpc) is 3.36. The number of rotatable bonds is 9. The predicted molar refractivity (Wildman–Crippen MR) is 148 cm³/mol. The number of halogens is 3. The lowest BCUT2D eigenvalue weighted by Gasteiger charge is -2.28. The van der Waals surface area contributed by atoms with Crippen molar-refractivity contribution in [3.05, 3.63) is 77.1 Å². The van der Waals surface area contributed by atoms with E-state index in [1.165, 1.54) is 30.3 Å². The molecule has 0 bridgehead atoms. The normalized spacial score (nSPS) is 13.4. The van der Waals surface area contributed by atoms with Gasteiger partial charge in [-0.25, -0.2) is 23.2 Å². The number of nitrogens with zero attached hydrogens (tertiary/aromatic N) is 7. The highest BCUT2D eigenvalue weighted by atomic mass is 32.2. The molecule has 0 aliphatic rings. The van der Waals surface area contributed by atoms with Crippen molar-refractivity contribution in [1.82, 2.24) is 29.7 Å². The number of aryl methyl sites for hydroxylation is 4. The Balaban J connectivity index is 1.99. The van der Waals surface area contributed by atoms with Crippen LogP contribution in [-0.2, 0) is 24.4 Å². The van der Waals surface area contributed by atoms with E-state index in [-0.39, 0.29) is 16.1 Å². The quantitative estimate of drug-likeness (QED) is 0.249. The number of carbonyl (C=O) groups excluding carboxylic acids is 1. The van der Waals surface area contributed by atoms with Gasteiger partial charge in [-0.3, -0.25) is 9.55 Å². The van der Waals surface area contributed by atoms with Crippen LogP contribution < -0.4 is 4.47 Å². The monoisotopic (exact) mass is 619 g/mol. The molecular formula is C27H28F3N7O5S. The molecule has 228 valence electrons. The summed E-state index contributed by atoms with van der Waals surface area (Å²) in [7, 11) is -3.88. The molecule has 0 unspecified atom stereocenters. The van der Waals surface area contributed by atoms with Gasteiger partial charge in [-0.1, -0.05) is 22.7 Å². The number of alkyl halides is 3. The molecular weight excluding hydrogens is 591 g/mol. The van der Waals surface area contributed by atoms with E-state index in [1.54, 1.807) is 58.2 Å². The summed E-state index contributed by atoms with van der Waals surface area (Å²) < 4.78 is 75.2. The average molecular weight is 620 g/mol. The van der Waals surface area contributed by atoms with Gasteiger partial charge in [0.25, 0.3) is 16.0 Å². The Kier molecular flexibility index (Phi) is 8.82. The SMILES string of the molecule is CO[C@H](c1ncc(C)cn1)[C@H](C)S(=O)(=O)N(OC(=O)C(F)(F)F)c1nnc(-c2cncc(C)c2)n1-c1c(C)cccc1C. The minimum atomic E-state index is -5.55. The number of benzene rings is 1. The Bertz CT molecular complexity index is 1720. The molecule has 4 aromatic rings. The number of sulfonamides is 1. The molecule has 12 nitrogen and oxygen atoms in total. The lowest BCUT2D eigenvalue weighted by Crippen LogP contribution is -2.45. The summed E-state index contributed by atoms with van der Waals surface area (Å²) in [6.07, 6.45) is -1.07. The molecule has 1 aromatic carbocycles. The van der Waals surface area contributed by atoms with E-state index in [0.29, 0.717) is 27.9 Å². The number of carbonyl (C=O) groups is 1. The Hall–Kier alpha value is -4.44. The van der Waals surface area contributed by atoms with Crippen LogP contribution in [0.25, 0.3) is 17.1 Å². The van der Waals surface area contributed by atoms with Crippen LogP contribution in [0, 0.1) is 27.7 Å². The summed E-state index contributed by atoms with van der Waals surface area (Å²) >= 11 is 0. The largest absolute Gasteiger partial charge is 0.493 e. The van der Waals surface area contributed by atoms with Gasteiger partial charge in [-0.05, 0) is 62.9 Å². The number of ether oxygens (including phenoxy) is 1. The van der Waals surface area contributed by atoms with Crippen LogP contribution in [0.15, 0.2) is 49.1 Å². The summed E-state index contributed by atoms with van der Waals surface area (Å²) in [4.78, 5) is 29.2. The Morgan fingerprint density at radius 3 is 2.16 bits per heavy atom. The number of para-hydroxylation sites is 1. The second-order valence-electron chi connectivity index (χ2n) is 9.78. The lowest BCUT2D eigenvalue weighted by atomic mass is 10.1. The highest BCUT2D eigenvalue weighted by Crippen LogP contribution is 2.35. The summed E-state index contributed by atoms with van der Waals surface area (Å²) in [5, 5.41) is 6.38. The lowest BCUT2D eigenvalue weighted by molar-refractivity contribution is -0.199. The van der Waals surface area contributed by atoms with Crippen LogP contribution in [-0.4, -0.2) is 62.6 Å². The Labute approximate surface area is 245 Å². The molecule has 0 N–H and O–H groups in total. The minimum absolute atomic E-state index is 0.0321. The van der Waals surface area contributed by atoms with E-state index in [0.717, 1.165) is 12.5 Å². The minimum Gasteiger partial charge on any atom is -0.372 e. The van der Waals surface area contributed by atoms with Crippen molar-refractivity contribution in [2.45, 2.75) is 52.1 Å². The van der Waals surface area contributed by atoms with E-state index in [4.69, 9.17) is 4.74 Å². The van der Waals surface area contributed by atoms with Crippen molar-refractivity contribution in [2.75, 3.05) is 11.6 Å². The zero-order valence-electron chi connectivity index (χ0n) is 24.0. The van der Waals surface area contributed by atoms with Gasteiger partial charge in [-0.15, -0.1) is 10.2 Å². The molecule has 0 aliphatic carbocycles. The van der Waals surface area contributed by atoms with Crippen molar-refractivity contribution in [3.8, 4) is 17.1 Å². The molecule has 43 heavy (non-hydrogen) atoms. The first-order valence-electron chi connectivity index (χ1n) is 12.8. The third kappa shape index (κ3) is 6.34. The van der Waals surface area contributed by atoms with E-state index in [1.807, 2.05) is 0 Å². The van der Waals surface area contributed by atoms with Gasteiger partial charge in [0.2, 0.25) is 0 Å². The van der Waals surface area contributed by atoms with Gasteiger partial charge in [0, 0.05) is 37.5 Å². The molecule has 0 amide bonds. The third-order valence-corrected chi connectivity index (χ3v) is 8.33. The van der Waals surface area contributed by atoms with Crippen molar-refractivity contribution in [1.29, 1.82) is 0 Å². The Morgan fingerprint density at radius 2 is 1.60 bits per heavy atom. The molecule has 3 aromatic heterocycles. The maximum Gasteiger partial charge on any atom is 0.493 e. The van der Waals surface area contributed by atoms with Crippen molar-refractivity contribution >= 4 is 21.9 Å². The van der Waals surface area contributed by atoms with Crippen LogP contribution >= 0.6 is 0 Å². The van der Waals surface area contributed by atoms with E-state index < -0.39 is 39.5 Å². The number of methoxy groups -OCH3 is 1. The number of hydrogen-bond acceptors (Lipinski definition) is 10. The van der Waals surface area contributed by atoms with Gasteiger partial charge in [0.1, 0.15) is 11.4 Å². The molecule has 2 atom stereocenters. The fourth-order valence-corrected chi connectivity index (χ4v) is 5.68. The standard InChI is InChI=1S/C27H28F3N7O5S/c1-15-10-20(14-31-11-15)24-34-35-26(36(24)21-17(3)8-7-9-18(21)4)37(42-25(38)27(28,29)30)43(39,40)19(5)22(41-6)23-32-12-16(2)13-33-23/h7-14,19,22H,1-6H3/t19-,22-/m0/s1. The first-order valence-corrected chi connectivity index (χ1v) is 14.3. The zero-order chi connectivity index (χ0) is 31.7. The Morgan fingerprint density at radius 1 is 0.977 bits per heavy atom. The van der Waals surface area contributed by atoms with Gasteiger partial charge < -0.3 is 9.57 Å². The van der Waals surface area contributed by atoms with E-state index in [2.05, 4.69) is 30.0 Å². The van der Waals surface area contributed by atoms with Gasteiger partial charge in [-0.2, -0.15) is 13.2 Å². The van der Waals surface area contributed by atoms with E-state index >= 15 is 0 Å². The smallest absolute Gasteiger partial charge is 0.372 e. The first-order chi connectivity index (χ1) is 20.2. The number of hydrogen-bond donors (Lipinski definition) is 0. The molecule has 0 saturated heterocycles. The van der Waals surface area contributed by atoms with Gasteiger partial charge in [0.05, 0.1) is 5.69 Å². The van der Waals surface area contributed by atoms with Crippen molar-refractivity contribution < 1.29 is 36.0 Å². The molecule has 0 spiro atoms. The molecule has 16 heteroatoms. The zero-order valence-corrected chi connectivity index (χ0v) is 24.8. The van der Waals surface area contributed by atoms with Gasteiger partial charge in [0.15, 0.2) is 11.6 Å². The summed E-state index contributed by atoms with van der Waals surface area (Å²) in [5.74, 6) is -3.56. The predicted octanol–water partition coefficient (Wildman–Crippen LogP) is 4.29. The van der Waals surface area contributed by atoms with Crippen LogP contribution in [0.1, 0.15) is 41.1 Å². The number of pyridine rings is 1. The first kappa shape index (κ1) is 31.5. The number of aromatic nitrogens is 6. The summed E-state index contributed by atoms with van der Waals surface area (Å²) in [5.41, 5.74) is 3.31. The topological polar surface area (TPSA) is 142 Å². The molecule has 0 radical (unpaired) electrons. The summed E-state index contributed by atoms with van der Waals surface area (Å²) in [6, 6.07) is 6.85. The summed E-state index contributed by atoms with van der Waals surface area (Å²) in [6.45, 7) is 8.06. The number of anilines is 1. The highest BCUT2D eigenvalue weighted by Gasteiger charge is 2.48. The maximum absolute atomic E-state index is 14.1. The third-order valence-electron chi connectivity index (χ3n) is 6.44. The fourth-order valence-electron chi connectivity index (χ4n) is 4.32. The van der Waals surface area contributed by atoms with Gasteiger partial charge >= 0.3 is 12.1 Å². The van der Waals surface area contributed by atoms with Crippen molar-refractivity contribution in [2.24, 2.45) is 0 Å². The molecule has 0 fully saturated rings. The van der Waals surface area contributed by atoms with Crippen LogP contribution in [0.5, 0.6) is 0 Å². The molecule has 0 aliphatic heterocycles. The van der Waals surface area contributed by atoms with Crippen LogP contribution in [0.2, 0.25) is 0 Å². The molecule has 4 rings (SSSR count). The second-order valence-corrected chi connectivity index (χ2v) is 11.9. The molecule has 0 saturated carbocycles. The van der Waals surface area contributed by atoms with Crippen LogP contribution in [0.4, 0.5) is 19.1 Å². The second kappa shape index (κ2) is 12.0. The van der Waals surface area contributed by atoms with Crippen LogP contribution in [0.3, 0.4) is 0 Å². The van der Waals surface area contributed by atoms with Crippen molar-refractivity contribution in [3.63, 3.8) is 0 Å².